The summed E-state index contributed by atoms with van der Waals surface area (Å²) in [6, 6.07) is 34.4. The Labute approximate surface area is 600 Å². The molecule has 0 saturated carbocycles. The van der Waals surface area contributed by atoms with Crippen molar-refractivity contribution in [2.75, 3.05) is 13.2 Å². The fourth-order valence-electron chi connectivity index (χ4n) is 14.2. The van der Waals surface area contributed by atoms with Gasteiger partial charge in [0.2, 0.25) is 0 Å². The second-order valence-electron chi connectivity index (χ2n) is 37.9. The third kappa shape index (κ3) is 16.4. The number of phenolic OH excluding ortho intramolecular Hbond substituents is 6. The van der Waals surface area contributed by atoms with E-state index in [-0.39, 0.29) is 77.8 Å². The molecule has 0 unspecified atom stereocenters. The van der Waals surface area contributed by atoms with Crippen molar-refractivity contribution in [3.63, 3.8) is 0 Å². The van der Waals surface area contributed by atoms with Crippen LogP contribution in [-0.2, 0) is 94.7 Å². The summed E-state index contributed by atoms with van der Waals surface area (Å²) in [6.07, 6.45) is 3.93. The van der Waals surface area contributed by atoms with Gasteiger partial charge in [-0.2, -0.15) is 0 Å². The first-order chi connectivity index (χ1) is 46.0. The first kappa shape index (κ1) is 74.8. The van der Waals surface area contributed by atoms with Crippen LogP contribution in [0.25, 0.3) is 0 Å². The van der Waals surface area contributed by atoms with E-state index in [2.05, 4.69) is 263 Å². The molecule has 6 N–H and O–H groups in total. The summed E-state index contributed by atoms with van der Waals surface area (Å²) in [5, 5.41) is 75.9. The average molecular weight is 1350 g/mol. The van der Waals surface area contributed by atoms with Crippen molar-refractivity contribution in [2.24, 2.45) is 0 Å². The number of ether oxygens (including phenoxy) is 2. The Morgan fingerprint density at radius 3 is 0.430 bits per heavy atom. The predicted octanol–water partition coefficient (Wildman–Crippen LogP) is 21.9. The smallest absolute Gasteiger partial charge is 0.126 e. The number of unbranched alkanes of at least 4 members (excludes halogenated alkanes) is 1. The van der Waals surface area contributed by atoms with Crippen molar-refractivity contribution in [3.8, 4) is 46.0 Å². The van der Waals surface area contributed by atoms with Gasteiger partial charge in [-0.25, -0.2) is 0 Å². The summed E-state index contributed by atoms with van der Waals surface area (Å²) in [5.74, 6) is 2.63. The molecule has 8 nitrogen and oxygen atoms in total. The minimum Gasteiger partial charge on any atom is -0.507 e. The van der Waals surface area contributed by atoms with Crippen molar-refractivity contribution < 1.29 is 40.1 Å². The van der Waals surface area contributed by atoms with Gasteiger partial charge in [0.15, 0.2) is 0 Å². The SMILES string of the molecule is CC(C)(C)c1cc2c(O)c(c1)Cc1cc(C(C)(C)C)cc(c1O)Cc1cc(C(C)(C)C)cc(c1OCCCCOc1c3cc(C(C)(C)C)cc1Cc1cc(C(C)(C)C)cc(c1O)Cc1cc(C(C)(C)C)cc(c1O)Cc1cc(C(C)(C)C)cc(c1O)C3)Cc1cc(C(C)(C)C)cc(c1O)C2. The molecule has 16 bridgehead atoms. The lowest BCUT2D eigenvalue weighted by Crippen LogP contribution is -2.17. The molecule has 534 valence electrons. The number of hydrogen-bond acceptors (Lipinski definition) is 8. The minimum absolute atomic E-state index is 0.178. The van der Waals surface area contributed by atoms with Gasteiger partial charge >= 0.3 is 0 Å². The molecule has 0 aliphatic heterocycles. The standard InChI is InChI=1S/C92H118O8/c1-85(2,3)69-37-53-29-57-41-71(87(7,8)9)45-61(79(57)95)33-65-49-75(91(19,20)21)50-66(34-62-46-72(88(10,11)12)42-58(80(62)96)30-54(38-69)77(53)93)83(65)99-27-25-26-28-100-84-67-35-63-47-73(89(13,14)15)43-59(81(63)97)31-55-39-70(86(4,5)6)40-56(78(55)94)32-60-44-74(90(16,17)18)48-64(82(60)98)36-68(84)52-76(51-67)92(22,23)24/h37-52,93-98H,25-36H2,1-24H3. The van der Waals surface area contributed by atoms with Crippen LogP contribution < -0.4 is 9.47 Å². The zero-order chi connectivity index (χ0) is 73.7. The fourth-order valence-corrected chi connectivity index (χ4v) is 14.2. The van der Waals surface area contributed by atoms with E-state index < -0.39 is 0 Å². The van der Waals surface area contributed by atoms with E-state index >= 15 is 0 Å². The quantitative estimate of drug-likeness (QED) is 0.0868. The van der Waals surface area contributed by atoms with Crippen LogP contribution in [0.15, 0.2) is 97.1 Å². The van der Waals surface area contributed by atoms with E-state index in [4.69, 9.17) is 9.47 Å². The Morgan fingerprint density at radius 2 is 0.310 bits per heavy atom. The molecule has 100 heavy (non-hydrogen) atoms. The van der Waals surface area contributed by atoms with Gasteiger partial charge in [-0.1, -0.05) is 263 Å². The summed E-state index contributed by atoms with van der Waals surface area (Å²) >= 11 is 0. The average Bonchev–Trinajstić information content (AvgIpc) is 0.770. The lowest BCUT2D eigenvalue weighted by Gasteiger charge is -2.28. The summed E-state index contributed by atoms with van der Waals surface area (Å²) in [5.41, 5.74) is 19.3. The van der Waals surface area contributed by atoms with E-state index in [1.165, 1.54) is 0 Å². The Bertz CT molecular complexity index is 3920. The van der Waals surface area contributed by atoms with Crippen LogP contribution in [0.2, 0.25) is 0 Å². The van der Waals surface area contributed by atoms with Crippen LogP contribution in [0.4, 0.5) is 0 Å². The Balaban J connectivity index is 1.08. The maximum Gasteiger partial charge on any atom is 0.126 e. The lowest BCUT2D eigenvalue weighted by atomic mass is 9.79. The van der Waals surface area contributed by atoms with Crippen molar-refractivity contribution in [2.45, 2.75) is 274 Å². The first-order valence-corrected chi connectivity index (χ1v) is 36.7. The van der Waals surface area contributed by atoms with Gasteiger partial charge in [-0.05, 0) is 190 Å². The van der Waals surface area contributed by atoms with E-state index in [9.17, 15) is 30.6 Å². The highest BCUT2D eigenvalue weighted by atomic mass is 16.5. The number of benzene rings is 8. The van der Waals surface area contributed by atoms with E-state index in [1.807, 2.05) is 0 Å². The van der Waals surface area contributed by atoms with Crippen LogP contribution in [-0.4, -0.2) is 43.9 Å². The molecule has 2 aliphatic rings. The largest absolute Gasteiger partial charge is 0.507 e. The Morgan fingerprint density at radius 1 is 0.200 bits per heavy atom. The lowest BCUT2D eigenvalue weighted by molar-refractivity contribution is 0.261. The molecule has 0 heterocycles. The molecule has 0 fully saturated rings. The number of hydrogen-bond donors (Lipinski definition) is 6. The zero-order valence-electron chi connectivity index (χ0n) is 65.2. The van der Waals surface area contributed by atoms with Crippen LogP contribution in [0.5, 0.6) is 46.0 Å². The number of fused-ring (bicyclic) bond motifs is 16. The number of phenols is 6. The third-order valence-electron chi connectivity index (χ3n) is 21.1. The topological polar surface area (TPSA) is 140 Å². The summed E-state index contributed by atoms with van der Waals surface area (Å²) in [7, 11) is 0. The third-order valence-corrected chi connectivity index (χ3v) is 21.1. The Kier molecular flexibility index (Phi) is 20.1. The molecule has 2 aliphatic carbocycles. The van der Waals surface area contributed by atoms with Crippen LogP contribution in [0, 0.1) is 0 Å². The predicted molar refractivity (Wildman–Crippen MR) is 414 cm³/mol. The van der Waals surface area contributed by atoms with Crippen LogP contribution in [0.1, 0.15) is 313 Å². The maximum atomic E-state index is 12.8. The molecule has 0 atom stereocenters. The number of aromatic hydroxyl groups is 6. The summed E-state index contributed by atoms with van der Waals surface area (Å²) in [6.45, 7) is 53.6. The first-order valence-electron chi connectivity index (χ1n) is 36.7. The van der Waals surface area contributed by atoms with Gasteiger partial charge in [0.25, 0.3) is 0 Å². The van der Waals surface area contributed by atoms with E-state index in [0.717, 1.165) is 145 Å². The molecular formula is C92H118O8. The Hall–Kier alpha value is -7.84. The molecule has 10 rings (SSSR count). The fraction of sp³-hybridized carbons (Fsp3) is 0.478. The molecule has 0 spiro atoms. The maximum absolute atomic E-state index is 12.8. The van der Waals surface area contributed by atoms with Gasteiger partial charge in [0.1, 0.15) is 46.0 Å². The summed E-state index contributed by atoms with van der Waals surface area (Å²) < 4.78 is 14.6. The minimum atomic E-state index is -0.275. The molecule has 8 heteroatoms. The molecular weight excluding hydrogens is 1230 g/mol. The second kappa shape index (κ2) is 26.8. The van der Waals surface area contributed by atoms with Crippen molar-refractivity contribution >= 4 is 0 Å². The van der Waals surface area contributed by atoms with Gasteiger partial charge < -0.3 is 40.1 Å². The van der Waals surface area contributed by atoms with E-state index in [1.54, 1.807) is 0 Å². The van der Waals surface area contributed by atoms with Gasteiger partial charge in [0.05, 0.1) is 13.2 Å². The molecule has 0 amide bonds. The normalized spacial score (nSPS) is 14.3. The van der Waals surface area contributed by atoms with Crippen LogP contribution >= 0.6 is 0 Å². The van der Waals surface area contributed by atoms with Crippen molar-refractivity contribution in [3.05, 3.63) is 231 Å². The van der Waals surface area contributed by atoms with Crippen LogP contribution in [0.3, 0.4) is 0 Å². The van der Waals surface area contributed by atoms with Gasteiger partial charge in [-0.15, -0.1) is 0 Å². The van der Waals surface area contributed by atoms with Crippen molar-refractivity contribution in [1.82, 2.24) is 0 Å². The molecule has 8 aromatic rings. The molecule has 8 aromatic carbocycles. The van der Waals surface area contributed by atoms with Crippen molar-refractivity contribution in [1.29, 1.82) is 0 Å². The van der Waals surface area contributed by atoms with E-state index in [0.29, 0.717) is 77.4 Å². The van der Waals surface area contributed by atoms with Gasteiger partial charge in [-0.3, -0.25) is 0 Å². The molecule has 0 aromatic heterocycles. The number of rotatable bonds is 7. The highest BCUT2D eigenvalue weighted by Gasteiger charge is 2.32. The molecule has 0 radical (unpaired) electrons. The summed E-state index contributed by atoms with van der Waals surface area (Å²) in [4.78, 5) is 0. The monoisotopic (exact) mass is 1350 g/mol. The highest BCUT2D eigenvalue weighted by Crippen LogP contribution is 2.47. The zero-order valence-corrected chi connectivity index (χ0v) is 65.2. The molecule has 0 saturated heterocycles. The van der Waals surface area contributed by atoms with Gasteiger partial charge in [0, 0.05) is 51.4 Å². The second-order valence-corrected chi connectivity index (χ2v) is 37.9. The highest BCUT2D eigenvalue weighted by molar-refractivity contribution is 5.62.